The summed E-state index contributed by atoms with van der Waals surface area (Å²) in [6.45, 7) is 2.54. The van der Waals surface area contributed by atoms with Gasteiger partial charge >= 0.3 is 0 Å². The molecule has 2 rings (SSSR count). The van der Waals surface area contributed by atoms with E-state index in [1.165, 1.54) is 0 Å². The van der Waals surface area contributed by atoms with Gasteiger partial charge in [0.05, 0.1) is 6.04 Å². The quantitative estimate of drug-likeness (QED) is 0.652. The molecule has 0 aliphatic carbocycles. The van der Waals surface area contributed by atoms with Crippen molar-refractivity contribution in [3.05, 3.63) is 67.6 Å². The van der Waals surface area contributed by atoms with Crippen LogP contribution in [0.4, 0.5) is 8.78 Å². The topological polar surface area (TPSA) is 12.0 Å². The maximum atomic E-state index is 13.6. The van der Waals surface area contributed by atoms with Crippen LogP contribution in [0.15, 0.2) is 34.8 Å². The van der Waals surface area contributed by atoms with Gasteiger partial charge in [0.15, 0.2) is 11.6 Å². The van der Waals surface area contributed by atoms with Gasteiger partial charge in [-0.05, 0) is 48.0 Å². The highest BCUT2D eigenvalue weighted by atomic mass is 79.9. The molecular formula is C15H12BrCl2F2N. The maximum absolute atomic E-state index is 13.6. The minimum atomic E-state index is -0.968. The molecular weight excluding hydrogens is 383 g/mol. The lowest BCUT2D eigenvalue weighted by Crippen LogP contribution is -2.23. The van der Waals surface area contributed by atoms with Crippen LogP contribution in [-0.2, 0) is 0 Å². The van der Waals surface area contributed by atoms with Crippen molar-refractivity contribution < 1.29 is 8.78 Å². The molecule has 0 fully saturated rings. The molecule has 1 unspecified atom stereocenters. The van der Waals surface area contributed by atoms with Crippen molar-refractivity contribution in [3.8, 4) is 0 Å². The van der Waals surface area contributed by atoms with Crippen LogP contribution in [0.2, 0.25) is 10.0 Å². The molecule has 1 atom stereocenters. The van der Waals surface area contributed by atoms with Crippen LogP contribution in [0.3, 0.4) is 0 Å². The minimum Gasteiger partial charge on any atom is -0.306 e. The van der Waals surface area contributed by atoms with E-state index < -0.39 is 17.7 Å². The van der Waals surface area contributed by atoms with E-state index in [1.807, 2.05) is 6.92 Å². The Morgan fingerprint density at radius 2 is 1.76 bits per heavy atom. The van der Waals surface area contributed by atoms with E-state index in [-0.39, 0.29) is 5.02 Å². The molecule has 6 heteroatoms. The lowest BCUT2D eigenvalue weighted by molar-refractivity contribution is 0.504. The SMILES string of the molecule is CCNC(c1cc(F)c(F)cc1Cl)c1cc(Cl)ccc1Br. The molecule has 112 valence electrons. The van der Waals surface area contributed by atoms with E-state index in [4.69, 9.17) is 23.2 Å². The molecule has 2 aromatic rings. The van der Waals surface area contributed by atoms with Crippen LogP contribution < -0.4 is 5.32 Å². The molecule has 2 aromatic carbocycles. The van der Waals surface area contributed by atoms with Crippen LogP contribution in [0, 0.1) is 11.6 Å². The molecule has 0 aliphatic heterocycles. The zero-order valence-corrected chi connectivity index (χ0v) is 14.2. The van der Waals surface area contributed by atoms with Crippen molar-refractivity contribution in [1.82, 2.24) is 5.32 Å². The molecule has 0 aliphatic rings. The fourth-order valence-electron chi connectivity index (χ4n) is 2.09. The van der Waals surface area contributed by atoms with Crippen molar-refractivity contribution in [1.29, 1.82) is 0 Å². The summed E-state index contributed by atoms with van der Waals surface area (Å²) in [5.74, 6) is -1.90. The first-order valence-electron chi connectivity index (χ1n) is 6.26. The molecule has 0 radical (unpaired) electrons. The minimum absolute atomic E-state index is 0.159. The number of nitrogens with one attached hydrogen (secondary N) is 1. The van der Waals surface area contributed by atoms with Crippen molar-refractivity contribution in [2.24, 2.45) is 0 Å². The van der Waals surface area contributed by atoms with E-state index in [0.29, 0.717) is 17.1 Å². The van der Waals surface area contributed by atoms with Gasteiger partial charge in [-0.3, -0.25) is 0 Å². The zero-order chi connectivity index (χ0) is 15.6. The van der Waals surface area contributed by atoms with E-state index in [9.17, 15) is 8.78 Å². The average Bonchev–Trinajstić information content (AvgIpc) is 2.43. The largest absolute Gasteiger partial charge is 0.306 e. The summed E-state index contributed by atoms with van der Waals surface area (Å²) in [4.78, 5) is 0. The van der Waals surface area contributed by atoms with Gasteiger partial charge in [0, 0.05) is 14.5 Å². The van der Waals surface area contributed by atoms with E-state index in [1.54, 1.807) is 18.2 Å². The summed E-state index contributed by atoms with van der Waals surface area (Å²) >= 11 is 15.6. The van der Waals surface area contributed by atoms with Gasteiger partial charge in [-0.25, -0.2) is 8.78 Å². The fraction of sp³-hybridized carbons (Fsp3) is 0.200. The van der Waals surface area contributed by atoms with Crippen LogP contribution in [0.5, 0.6) is 0 Å². The van der Waals surface area contributed by atoms with Crippen LogP contribution in [0.1, 0.15) is 24.1 Å². The van der Waals surface area contributed by atoms with E-state index in [0.717, 1.165) is 22.2 Å². The van der Waals surface area contributed by atoms with Crippen molar-refractivity contribution in [2.75, 3.05) is 6.54 Å². The van der Waals surface area contributed by atoms with Gasteiger partial charge in [0.2, 0.25) is 0 Å². The number of hydrogen-bond acceptors (Lipinski definition) is 1. The molecule has 0 aromatic heterocycles. The Morgan fingerprint density at radius 3 is 2.43 bits per heavy atom. The normalized spacial score (nSPS) is 12.5. The lowest BCUT2D eigenvalue weighted by atomic mass is 9.98. The second-order valence-corrected chi connectivity index (χ2v) is 6.14. The van der Waals surface area contributed by atoms with Gasteiger partial charge in [-0.15, -0.1) is 0 Å². The Kier molecular flexibility index (Phi) is 5.60. The molecule has 0 heterocycles. The Balaban J connectivity index is 2.58. The van der Waals surface area contributed by atoms with Gasteiger partial charge in [-0.1, -0.05) is 46.1 Å². The Hall–Kier alpha value is -0.680. The fourth-order valence-corrected chi connectivity index (χ4v) is 3.00. The van der Waals surface area contributed by atoms with Crippen molar-refractivity contribution >= 4 is 39.1 Å². The second-order valence-electron chi connectivity index (χ2n) is 4.44. The predicted octanol–water partition coefficient (Wildman–Crippen LogP) is 5.73. The standard InChI is InChI=1S/C15H12BrCl2F2N/c1-2-21-15(9-5-8(17)3-4-11(9)16)10-6-13(19)14(20)7-12(10)18/h3-7,15,21H,2H2,1H3. The monoisotopic (exact) mass is 393 g/mol. The highest BCUT2D eigenvalue weighted by molar-refractivity contribution is 9.10. The first-order valence-corrected chi connectivity index (χ1v) is 7.81. The number of benzene rings is 2. The summed E-state index contributed by atoms with van der Waals surface area (Å²) in [5.41, 5.74) is 1.26. The van der Waals surface area contributed by atoms with Gasteiger partial charge < -0.3 is 5.32 Å². The Bertz CT molecular complexity index is 664. The summed E-state index contributed by atoms with van der Waals surface area (Å²) in [6, 6.07) is 7.00. The Labute approximate surface area is 140 Å². The molecule has 0 saturated carbocycles. The molecule has 1 N–H and O–H groups in total. The van der Waals surface area contributed by atoms with Crippen LogP contribution in [-0.4, -0.2) is 6.54 Å². The average molecular weight is 395 g/mol. The van der Waals surface area contributed by atoms with Crippen LogP contribution in [0.25, 0.3) is 0 Å². The highest BCUT2D eigenvalue weighted by Gasteiger charge is 2.21. The summed E-state index contributed by atoms with van der Waals surface area (Å²) in [5, 5.41) is 3.92. The first-order chi connectivity index (χ1) is 9.93. The zero-order valence-electron chi connectivity index (χ0n) is 11.1. The summed E-state index contributed by atoms with van der Waals surface area (Å²) < 4.78 is 27.6. The first kappa shape index (κ1) is 16.7. The van der Waals surface area contributed by atoms with Crippen molar-refractivity contribution in [2.45, 2.75) is 13.0 Å². The molecule has 0 bridgehead atoms. The van der Waals surface area contributed by atoms with Gasteiger partial charge in [0.25, 0.3) is 0 Å². The molecule has 0 saturated heterocycles. The third-order valence-corrected chi connectivity index (χ3v) is 4.31. The molecule has 1 nitrogen and oxygen atoms in total. The number of hydrogen-bond donors (Lipinski definition) is 1. The van der Waals surface area contributed by atoms with Crippen molar-refractivity contribution in [3.63, 3.8) is 0 Å². The summed E-state index contributed by atoms with van der Waals surface area (Å²) in [7, 11) is 0. The second kappa shape index (κ2) is 7.05. The van der Waals surface area contributed by atoms with Crippen LogP contribution >= 0.6 is 39.1 Å². The predicted molar refractivity (Wildman–Crippen MR) is 86.0 cm³/mol. The molecule has 21 heavy (non-hydrogen) atoms. The lowest BCUT2D eigenvalue weighted by Gasteiger charge is -2.22. The third-order valence-electron chi connectivity index (χ3n) is 3.03. The number of halogens is 5. The van der Waals surface area contributed by atoms with E-state index >= 15 is 0 Å². The Morgan fingerprint density at radius 1 is 1.10 bits per heavy atom. The molecule has 0 spiro atoms. The third kappa shape index (κ3) is 3.75. The number of rotatable bonds is 4. The van der Waals surface area contributed by atoms with Gasteiger partial charge in [-0.2, -0.15) is 0 Å². The summed E-state index contributed by atoms with van der Waals surface area (Å²) in [6.07, 6.45) is 0. The maximum Gasteiger partial charge on any atom is 0.160 e. The van der Waals surface area contributed by atoms with E-state index in [2.05, 4.69) is 21.2 Å². The smallest absolute Gasteiger partial charge is 0.160 e. The molecule has 0 amide bonds. The van der Waals surface area contributed by atoms with Gasteiger partial charge in [0.1, 0.15) is 0 Å². The highest BCUT2D eigenvalue weighted by Crippen LogP contribution is 2.35.